The van der Waals surface area contributed by atoms with E-state index >= 15 is 0 Å². The smallest absolute Gasteiger partial charge is 0.227 e. The Kier molecular flexibility index (Phi) is 3.81. The third-order valence-corrected chi connectivity index (χ3v) is 5.59. The van der Waals surface area contributed by atoms with E-state index in [2.05, 4.69) is 10.2 Å². The van der Waals surface area contributed by atoms with Gasteiger partial charge in [-0.3, -0.25) is 4.79 Å². The summed E-state index contributed by atoms with van der Waals surface area (Å²) in [6, 6.07) is 1.10. The number of rotatable bonds is 3. The molecule has 19 heavy (non-hydrogen) atoms. The number of nitrogens with one attached hydrogen (secondary N) is 1. The van der Waals surface area contributed by atoms with E-state index in [1.165, 1.54) is 19.4 Å². The molecular weight excluding hydrogens is 238 g/mol. The Balaban J connectivity index is 1.57. The molecule has 2 saturated heterocycles. The Hall–Kier alpha value is -0.610. The molecule has 2 atom stereocenters. The van der Waals surface area contributed by atoms with Gasteiger partial charge < -0.3 is 16.0 Å². The van der Waals surface area contributed by atoms with Crippen molar-refractivity contribution in [3.63, 3.8) is 0 Å². The van der Waals surface area contributed by atoms with Crippen LogP contribution < -0.4 is 11.1 Å². The molecule has 2 unspecified atom stereocenters. The van der Waals surface area contributed by atoms with E-state index in [9.17, 15) is 4.79 Å². The fraction of sp³-hybridized carbons (Fsp3) is 0.933. The van der Waals surface area contributed by atoms with Crippen LogP contribution in [0.15, 0.2) is 0 Å². The van der Waals surface area contributed by atoms with Crippen LogP contribution in [-0.2, 0) is 4.79 Å². The van der Waals surface area contributed by atoms with E-state index in [0.29, 0.717) is 12.6 Å². The van der Waals surface area contributed by atoms with Crippen molar-refractivity contribution in [2.24, 2.45) is 11.1 Å². The Labute approximate surface area is 116 Å². The molecule has 4 nitrogen and oxygen atoms in total. The number of carbonyl (C=O) groups excluding carboxylic acids is 1. The average molecular weight is 265 g/mol. The van der Waals surface area contributed by atoms with E-state index in [4.69, 9.17) is 5.73 Å². The summed E-state index contributed by atoms with van der Waals surface area (Å²) < 4.78 is 0. The summed E-state index contributed by atoms with van der Waals surface area (Å²) in [6.45, 7) is 2.93. The van der Waals surface area contributed by atoms with Gasteiger partial charge in [-0.1, -0.05) is 12.8 Å². The van der Waals surface area contributed by atoms with Gasteiger partial charge in [0.15, 0.2) is 0 Å². The normalized spacial score (nSPS) is 34.2. The zero-order valence-electron chi connectivity index (χ0n) is 11.9. The van der Waals surface area contributed by atoms with Crippen molar-refractivity contribution in [1.82, 2.24) is 10.2 Å². The van der Waals surface area contributed by atoms with E-state index in [1.807, 2.05) is 0 Å². The van der Waals surface area contributed by atoms with Crippen molar-refractivity contribution in [1.29, 1.82) is 0 Å². The molecule has 0 aromatic rings. The van der Waals surface area contributed by atoms with Gasteiger partial charge in [0.05, 0.1) is 5.41 Å². The van der Waals surface area contributed by atoms with Crippen LogP contribution in [0.25, 0.3) is 0 Å². The van der Waals surface area contributed by atoms with E-state index < -0.39 is 0 Å². The number of amides is 1. The lowest BCUT2D eigenvalue weighted by atomic mass is 9.84. The average Bonchev–Trinajstić information content (AvgIpc) is 3.07. The predicted octanol–water partition coefficient (Wildman–Crippen LogP) is 1.25. The van der Waals surface area contributed by atoms with Crippen LogP contribution in [0.4, 0.5) is 0 Å². The van der Waals surface area contributed by atoms with Crippen LogP contribution in [-0.4, -0.2) is 42.5 Å². The molecule has 0 spiro atoms. The van der Waals surface area contributed by atoms with Crippen LogP contribution in [0.1, 0.15) is 51.4 Å². The van der Waals surface area contributed by atoms with Gasteiger partial charge in [0.25, 0.3) is 0 Å². The Morgan fingerprint density at radius 2 is 2.00 bits per heavy atom. The maximum absolute atomic E-state index is 12.6. The molecule has 0 radical (unpaired) electrons. The molecule has 4 heteroatoms. The monoisotopic (exact) mass is 265 g/mol. The minimum atomic E-state index is -0.243. The zero-order valence-corrected chi connectivity index (χ0v) is 11.9. The molecule has 2 aliphatic heterocycles. The third kappa shape index (κ3) is 2.52. The number of piperidine rings is 1. The summed E-state index contributed by atoms with van der Waals surface area (Å²) >= 11 is 0. The van der Waals surface area contributed by atoms with Crippen molar-refractivity contribution in [2.45, 2.75) is 63.5 Å². The second-order valence-electron chi connectivity index (χ2n) is 6.72. The van der Waals surface area contributed by atoms with Gasteiger partial charge in [-0.2, -0.15) is 0 Å². The zero-order chi connectivity index (χ0) is 13.3. The predicted molar refractivity (Wildman–Crippen MR) is 75.7 cm³/mol. The van der Waals surface area contributed by atoms with Gasteiger partial charge in [-0.25, -0.2) is 0 Å². The second kappa shape index (κ2) is 5.41. The van der Waals surface area contributed by atoms with Crippen molar-refractivity contribution in [3.05, 3.63) is 0 Å². The first-order chi connectivity index (χ1) is 9.23. The highest BCUT2D eigenvalue weighted by molar-refractivity contribution is 5.83. The molecular formula is C15H27N3O. The minimum absolute atomic E-state index is 0.240. The standard InChI is InChI=1S/C15H27N3O/c16-11-15(6-1-2-7-15)14(19)17-12-5-9-18-8-3-4-13(18)10-12/h12-13H,1-11,16H2,(H,17,19). The SMILES string of the molecule is NCC1(C(=O)NC2CCN3CCCC3C2)CCCC1. The first-order valence-electron chi connectivity index (χ1n) is 7.99. The van der Waals surface area contributed by atoms with Crippen LogP contribution in [0.3, 0.4) is 0 Å². The number of carbonyl (C=O) groups is 1. The molecule has 3 fully saturated rings. The molecule has 1 amide bonds. The van der Waals surface area contributed by atoms with Gasteiger partial charge >= 0.3 is 0 Å². The molecule has 1 aliphatic carbocycles. The maximum atomic E-state index is 12.6. The number of fused-ring (bicyclic) bond motifs is 1. The van der Waals surface area contributed by atoms with Crippen LogP contribution >= 0.6 is 0 Å². The largest absolute Gasteiger partial charge is 0.353 e. The van der Waals surface area contributed by atoms with E-state index in [1.54, 1.807) is 0 Å². The number of hydrogen-bond acceptors (Lipinski definition) is 3. The first-order valence-corrected chi connectivity index (χ1v) is 7.99. The summed E-state index contributed by atoms with van der Waals surface area (Å²) in [5.74, 6) is 0.240. The van der Waals surface area contributed by atoms with Gasteiger partial charge in [-0.05, 0) is 45.1 Å². The van der Waals surface area contributed by atoms with Crippen LogP contribution in [0.5, 0.6) is 0 Å². The molecule has 3 aliphatic rings. The molecule has 108 valence electrons. The highest BCUT2D eigenvalue weighted by Gasteiger charge is 2.41. The topological polar surface area (TPSA) is 58.4 Å². The molecule has 3 rings (SSSR count). The van der Waals surface area contributed by atoms with Gasteiger partial charge in [0.2, 0.25) is 5.91 Å². The van der Waals surface area contributed by atoms with Gasteiger partial charge in [0, 0.05) is 25.2 Å². The Bertz CT molecular complexity index is 338. The number of nitrogens with zero attached hydrogens (tertiary/aromatic N) is 1. The molecule has 3 N–H and O–H groups in total. The molecule has 0 bridgehead atoms. The quantitative estimate of drug-likeness (QED) is 0.807. The van der Waals surface area contributed by atoms with E-state index in [0.717, 1.165) is 51.1 Å². The van der Waals surface area contributed by atoms with Crippen molar-refractivity contribution >= 4 is 5.91 Å². The molecule has 2 heterocycles. The highest BCUT2D eigenvalue weighted by Crippen LogP contribution is 2.38. The molecule has 0 aromatic carbocycles. The van der Waals surface area contributed by atoms with Crippen molar-refractivity contribution in [2.75, 3.05) is 19.6 Å². The molecule has 1 saturated carbocycles. The molecule has 0 aromatic heterocycles. The highest BCUT2D eigenvalue weighted by atomic mass is 16.2. The lowest BCUT2D eigenvalue weighted by molar-refractivity contribution is -0.131. The fourth-order valence-corrected chi connectivity index (χ4v) is 4.27. The van der Waals surface area contributed by atoms with Crippen LogP contribution in [0, 0.1) is 5.41 Å². The summed E-state index contributed by atoms with van der Waals surface area (Å²) in [7, 11) is 0. The maximum Gasteiger partial charge on any atom is 0.227 e. The number of hydrogen-bond donors (Lipinski definition) is 2. The van der Waals surface area contributed by atoms with Crippen LogP contribution in [0.2, 0.25) is 0 Å². The first kappa shape index (κ1) is 13.4. The van der Waals surface area contributed by atoms with E-state index in [-0.39, 0.29) is 11.3 Å². The van der Waals surface area contributed by atoms with Gasteiger partial charge in [0.1, 0.15) is 0 Å². The van der Waals surface area contributed by atoms with Crippen molar-refractivity contribution < 1.29 is 4.79 Å². The number of nitrogens with two attached hydrogens (primary N) is 1. The van der Waals surface area contributed by atoms with Crippen molar-refractivity contribution in [3.8, 4) is 0 Å². The fourth-order valence-electron chi connectivity index (χ4n) is 4.27. The second-order valence-corrected chi connectivity index (χ2v) is 6.72. The summed E-state index contributed by atoms with van der Waals surface area (Å²) in [6.07, 6.45) is 9.19. The third-order valence-electron chi connectivity index (χ3n) is 5.59. The summed E-state index contributed by atoms with van der Waals surface area (Å²) in [5.41, 5.74) is 5.65. The Morgan fingerprint density at radius 1 is 1.21 bits per heavy atom. The minimum Gasteiger partial charge on any atom is -0.353 e. The summed E-state index contributed by atoms with van der Waals surface area (Å²) in [5, 5.41) is 3.32. The van der Waals surface area contributed by atoms with Gasteiger partial charge in [-0.15, -0.1) is 0 Å². The lowest BCUT2D eigenvalue weighted by Gasteiger charge is -2.37. The lowest BCUT2D eigenvalue weighted by Crippen LogP contribution is -2.52. The Morgan fingerprint density at radius 3 is 2.74 bits per heavy atom. The summed E-state index contributed by atoms with van der Waals surface area (Å²) in [4.78, 5) is 15.1.